The van der Waals surface area contributed by atoms with Crippen molar-refractivity contribution in [1.82, 2.24) is 0 Å². The fraction of sp³-hybridized carbons (Fsp3) is 1.00. The molecule has 1 unspecified atom stereocenters. The van der Waals surface area contributed by atoms with Gasteiger partial charge >= 0.3 is 0 Å². The lowest BCUT2D eigenvalue weighted by Crippen LogP contribution is -3.30. The van der Waals surface area contributed by atoms with Crippen molar-refractivity contribution < 1.29 is 9.80 Å². The van der Waals surface area contributed by atoms with Crippen molar-refractivity contribution >= 4 is 0 Å². The Balaban J connectivity index is 1.75. The molecule has 2 rings (SSSR count). The van der Waals surface area contributed by atoms with Gasteiger partial charge in [0.15, 0.2) is 0 Å². The molecule has 1 aliphatic heterocycles. The van der Waals surface area contributed by atoms with Crippen molar-refractivity contribution in [3.05, 3.63) is 0 Å². The van der Waals surface area contributed by atoms with Gasteiger partial charge in [-0.1, -0.05) is 13.3 Å². The smallest absolute Gasteiger partial charge is 0.127 e. The van der Waals surface area contributed by atoms with Crippen molar-refractivity contribution in [3.63, 3.8) is 0 Å². The molecule has 16 heavy (non-hydrogen) atoms. The molecule has 0 aromatic heterocycles. The summed E-state index contributed by atoms with van der Waals surface area (Å²) in [6.45, 7) is 10.5. The summed E-state index contributed by atoms with van der Waals surface area (Å²) in [6, 6.07) is 1.90. The zero-order valence-corrected chi connectivity index (χ0v) is 11.2. The third-order valence-electron chi connectivity index (χ3n) is 5.03. The van der Waals surface area contributed by atoms with E-state index < -0.39 is 0 Å². The molecule has 1 aliphatic carbocycles. The van der Waals surface area contributed by atoms with Crippen LogP contribution in [0.4, 0.5) is 0 Å². The van der Waals surface area contributed by atoms with Crippen LogP contribution < -0.4 is 9.80 Å². The molecule has 0 spiro atoms. The molecule has 1 heterocycles. The van der Waals surface area contributed by atoms with Gasteiger partial charge in [-0.15, -0.1) is 0 Å². The molecule has 1 saturated heterocycles. The van der Waals surface area contributed by atoms with Gasteiger partial charge in [0.05, 0.1) is 12.1 Å². The fourth-order valence-electron chi connectivity index (χ4n) is 3.59. The zero-order valence-electron chi connectivity index (χ0n) is 11.2. The predicted molar refractivity (Wildman–Crippen MR) is 68.0 cm³/mol. The summed E-state index contributed by atoms with van der Waals surface area (Å²) in [5, 5.41) is 0. The molecule has 2 aliphatic rings. The fourth-order valence-corrected chi connectivity index (χ4v) is 3.59. The molecule has 0 aromatic rings. The third kappa shape index (κ3) is 2.98. The van der Waals surface area contributed by atoms with E-state index in [-0.39, 0.29) is 0 Å². The van der Waals surface area contributed by atoms with Crippen LogP contribution >= 0.6 is 0 Å². The van der Waals surface area contributed by atoms with Gasteiger partial charge in [-0.2, -0.15) is 0 Å². The first-order valence-electron chi connectivity index (χ1n) is 7.50. The lowest BCUT2D eigenvalue weighted by Gasteiger charge is -2.37. The van der Waals surface area contributed by atoms with E-state index >= 15 is 0 Å². The van der Waals surface area contributed by atoms with Crippen LogP contribution in [-0.2, 0) is 0 Å². The molecule has 0 bridgehead atoms. The Bertz CT molecular complexity index is 191. The summed E-state index contributed by atoms with van der Waals surface area (Å²) in [5.41, 5.74) is 0. The van der Waals surface area contributed by atoms with Gasteiger partial charge in [0.25, 0.3) is 0 Å². The molecule has 2 heteroatoms. The largest absolute Gasteiger partial charge is 0.323 e. The Morgan fingerprint density at radius 1 is 1.00 bits per heavy atom. The topological polar surface area (TPSA) is 8.88 Å². The summed E-state index contributed by atoms with van der Waals surface area (Å²) in [7, 11) is 0. The average molecular weight is 226 g/mol. The number of piperazine rings is 1. The molecule has 0 aromatic carbocycles. The summed E-state index contributed by atoms with van der Waals surface area (Å²) >= 11 is 0. The second-order valence-electron chi connectivity index (χ2n) is 5.96. The molecule has 2 fully saturated rings. The number of hydrogen-bond donors (Lipinski definition) is 2. The average Bonchev–Trinajstić information content (AvgIpc) is 2.39. The van der Waals surface area contributed by atoms with E-state index in [0.717, 1.165) is 12.1 Å². The van der Waals surface area contributed by atoms with Crippen LogP contribution in [0.1, 0.15) is 52.4 Å². The maximum absolute atomic E-state index is 2.42. The van der Waals surface area contributed by atoms with Crippen molar-refractivity contribution in [1.29, 1.82) is 0 Å². The zero-order chi connectivity index (χ0) is 11.4. The minimum Gasteiger partial charge on any atom is -0.323 e. The maximum atomic E-state index is 2.42. The highest BCUT2D eigenvalue weighted by atomic mass is 15.3. The van der Waals surface area contributed by atoms with Crippen LogP contribution in [0.25, 0.3) is 0 Å². The van der Waals surface area contributed by atoms with E-state index in [9.17, 15) is 0 Å². The second-order valence-corrected chi connectivity index (χ2v) is 5.96. The Labute approximate surface area is 101 Å². The number of quaternary nitrogens is 2. The van der Waals surface area contributed by atoms with Crippen molar-refractivity contribution in [2.45, 2.75) is 64.5 Å². The van der Waals surface area contributed by atoms with Crippen LogP contribution in [0.15, 0.2) is 0 Å². The van der Waals surface area contributed by atoms with Gasteiger partial charge in [-0.25, -0.2) is 0 Å². The van der Waals surface area contributed by atoms with Crippen molar-refractivity contribution in [2.24, 2.45) is 0 Å². The van der Waals surface area contributed by atoms with E-state index in [1.807, 2.05) is 9.80 Å². The molecule has 1 saturated carbocycles. The van der Waals surface area contributed by atoms with E-state index in [4.69, 9.17) is 0 Å². The predicted octanol–water partition coefficient (Wildman–Crippen LogP) is -0.0990. The first kappa shape index (κ1) is 12.4. The Morgan fingerprint density at radius 3 is 2.19 bits per heavy atom. The molecule has 1 atom stereocenters. The standard InChI is InChI=1S/C14H28N2/c1-3-13(2)15-9-11-16(12-10-15)14-7-5-4-6-8-14/h13-14H,3-12H2,1-2H3/p+2. The van der Waals surface area contributed by atoms with E-state index in [2.05, 4.69) is 13.8 Å². The number of rotatable bonds is 3. The summed E-state index contributed by atoms with van der Waals surface area (Å²) in [6.07, 6.45) is 8.84. The van der Waals surface area contributed by atoms with Crippen LogP contribution in [-0.4, -0.2) is 38.3 Å². The van der Waals surface area contributed by atoms with E-state index in [1.54, 1.807) is 0 Å². The molecule has 0 radical (unpaired) electrons. The summed E-state index contributed by atoms with van der Waals surface area (Å²) in [5.74, 6) is 0. The van der Waals surface area contributed by atoms with Crippen LogP contribution in [0.3, 0.4) is 0 Å². The molecule has 0 amide bonds. The molecule has 2 N–H and O–H groups in total. The molecule has 94 valence electrons. The minimum atomic E-state index is 0.882. The van der Waals surface area contributed by atoms with E-state index in [0.29, 0.717) is 0 Å². The summed E-state index contributed by atoms with van der Waals surface area (Å²) < 4.78 is 0. The number of nitrogens with one attached hydrogen (secondary N) is 2. The molecular formula is C14H30N2+2. The lowest BCUT2D eigenvalue weighted by molar-refractivity contribution is -1.03. The second kappa shape index (κ2) is 6.02. The normalized spacial score (nSPS) is 34.9. The molecular weight excluding hydrogens is 196 g/mol. The SMILES string of the molecule is CCC(C)[NH+]1CC[NH+](C2CCCCC2)CC1. The minimum absolute atomic E-state index is 0.882. The Morgan fingerprint density at radius 2 is 1.62 bits per heavy atom. The lowest BCUT2D eigenvalue weighted by atomic mass is 9.93. The van der Waals surface area contributed by atoms with Gasteiger partial charge in [-0.3, -0.25) is 0 Å². The highest BCUT2D eigenvalue weighted by Gasteiger charge is 2.31. The van der Waals surface area contributed by atoms with Crippen molar-refractivity contribution in [2.75, 3.05) is 26.2 Å². The Hall–Kier alpha value is -0.0800. The van der Waals surface area contributed by atoms with Crippen LogP contribution in [0, 0.1) is 0 Å². The van der Waals surface area contributed by atoms with Gasteiger partial charge in [-0.05, 0) is 39.0 Å². The maximum Gasteiger partial charge on any atom is 0.127 e. The van der Waals surface area contributed by atoms with E-state index in [1.165, 1.54) is 64.7 Å². The highest BCUT2D eigenvalue weighted by molar-refractivity contribution is 4.64. The Kier molecular flexibility index (Phi) is 4.66. The van der Waals surface area contributed by atoms with Crippen LogP contribution in [0.5, 0.6) is 0 Å². The van der Waals surface area contributed by atoms with Crippen molar-refractivity contribution in [3.8, 4) is 0 Å². The van der Waals surface area contributed by atoms with Gasteiger partial charge in [0.2, 0.25) is 0 Å². The summed E-state index contributed by atoms with van der Waals surface area (Å²) in [4.78, 5) is 3.80. The highest BCUT2D eigenvalue weighted by Crippen LogP contribution is 2.15. The first-order chi connectivity index (χ1) is 7.81. The first-order valence-corrected chi connectivity index (χ1v) is 7.50. The third-order valence-corrected chi connectivity index (χ3v) is 5.03. The van der Waals surface area contributed by atoms with Gasteiger partial charge in [0.1, 0.15) is 26.2 Å². The quantitative estimate of drug-likeness (QED) is 0.665. The monoisotopic (exact) mass is 226 g/mol. The number of hydrogen-bond acceptors (Lipinski definition) is 0. The van der Waals surface area contributed by atoms with Gasteiger partial charge < -0.3 is 9.80 Å². The van der Waals surface area contributed by atoms with Gasteiger partial charge in [0, 0.05) is 0 Å². The van der Waals surface area contributed by atoms with Crippen LogP contribution in [0.2, 0.25) is 0 Å². The molecule has 2 nitrogen and oxygen atoms in total.